The van der Waals surface area contributed by atoms with Crippen LogP contribution in [0.5, 0.6) is 5.75 Å². The molecule has 0 spiro atoms. The lowest BCUT2D eigenvalue weighted by Gasteiger charge is -2.55. The third-order valence-corrected chi connectivity index (χ3v) is 16.7. The van der Waals surface area contributed by atoms with Gasteiger partial charge in [0.1, 0.15) is 49.7 Å². The average Bonchev–Trinajstić information content (AvgIpc) is 3.26. The normalized spacial score (nSPS) is 23.9. The Labute approximate surface area is 363 Å². The van der Waals surface area contributed by atoms with Crippen LogP contribution in [0, 0.1) is 0 Å². The van der Waals surface area contributed by atoms with E-state index in [-0.39, 0.29) is 11.8 Å². The van der Waals surface area contributed by atoms with Crippen LogP contribution in [-0.4, -0.2) is 53.7 Å². The van der Waals surface area contributed by atoms with Gasteiger partial charge < -0.3 is 42.3 Å². The van der Waals surface area contributed by atoms with Crippen molar-refractivity contribution < 1.29 is 42.3 Å². The molecular weight excluding hydrogens is 785 g/mol. The molecule has 5 aromatic carbocycles. The van der Waals surface area contributed by atoms with Gasteiger partial charge in [-0.05, 0) is 58.9 Å². The minimum Gasteiger partial charge on any atom is -0.488 e. The zero-order valence-corrected chi connectivity index (χ0v) is 37.9. The Balaban J connectivity index is 1.36. The molecule has 1 fully saturated rings. The zero-order chi connectivity index (χ0) is 43.0. The maximum atomic E-state index is 7.34. The number of hydrogen-bond donors (Lipinski definition) is 0. The average molecular weight is 847 g/mol. The standard InChI is InChI=1S/C51H62O9Si/c1-36-45(55-32-38-23-15-10-16-24-38)47(56-33-39-25-17-11-18-26-39)48(57-34-40-27-19-12-20-28-40)46(59-36)41-29-30-42(54-31-37-21-13-9-14-22-37)44-43(41)49(58-35-52-5)51(44,53-6)60-61(7,8)50(2,3)4/h9-30,36,45-49H,31-35H2,1-8H3/t36-,45+,46?,47+,48+,49?,51?/m0/s1. The van der Waals surface area contributed by atoms with Crippen molar-refractivity contribution in [1.29, 1.82) is 0 Å². The summed E-state index contributed by atoms with van der Waals surface area (Å²) in [6.07, 6.45) is -3.35. The van der Waals surface area contributed by atoms with Crippen molar-refractivity contribution in [2.75, 3.05) is 21.0 Å². The molecule has 9 nitrogen and oxygen atoms in total. The highest BCUT2D eigenvalue weighted by molar-refractivity contribution is 6.74. The van der Waals surface area contributed by atoms with E-state index in [0.29, 0.717) is 32.2 Å². The van der Waals surface area contributed by atoms with Gasteiger partial charge in [0.25, 0.3) is 0 Å². The number of benzene rings is 5. The molecule has 61 heavy (non-hydrogen) atoms. The van der Waals surface area contributed by atoms with Crippen LogP contribution in [0.3, 0.4) is 0 Å². The predicted molar refractivity (Wildman–Crippen MR) is 238 cm³/mol. The fraction of sp³-hybridized carbons (Fsp3) is 0.412. The van der Waals surface area contributed by atoms with Gasteiger partial charge in [0.2, 0.25) is 5.79 Å². The Bertz CT molecular complexity index is 2110. The fourth-order valence-corrected chi connectivity index (χ4v) is 9.34. The van der Waals surface area contributed by atoms with Gasteiger partial charge in [-0.25, -0.2) is 0 Å². The Morgan fingerprint density at radius 2 is 1.07 bits per heavy atom. The van der Waals surface area contributed by atoms with Gasteiger partial charge in [0, 0.05) is 19.8 Å². The Morgan fingerprint density at radius 1 is 0.590 bits per heavy atom. The van der Waals surface area contributed by atoms with Crippen molar-refractivity contribution in [3.63, 3.8) is 0 Å². The van der Waals surface area contributed by atoms with E-state index in [1.807, 2.05) is 78.9 Å². The van der Waals surface area contributed by atoms with E-state index in [4.69, 9.17) is 42.3 Å². The third kappa shape index (κ3) is 10.0. The fourth-order valence-electron chi connectivity index (χ4n) is 7.99. The number of ether oxygens (including phenoxy) is 8. The maximum absolute atomic E-state index is 7.34. The van der Waals surface area contributed by atoms with Crippen molar-refractivity contribution in [3.05, 3.63) is 172 Å². The topological polar surface area (TPSA) is 83.1 Å². The number of fused-ring (bicyclic) bond motifs is 1. The van der Waals surface area contributed by atoms with Crippen LogP contribution in [0.25, 0.3) is 0 Å². The summed E-state index contributed by atoms with van der Waals surface area (Å²) in [6, 6.07) is 44.8. The molecule has 0 amide bonds. The van der Waals surface area contributed by atoms with Crippen LogP contribution in [0.2, 0.25) is 18.1 Å². The molecule has 7 atom stereocenters. The minimum atomic E-state index is -2.52. The highest BCUT2D eigenvalue weighted by Gasteiger charge is 2.63. The van der Waals surface area contributed by atoms with E-state index >= 15 is 0 Å². The molecule has 10 heteroatoms. The highest BCUT2D eigenvalue weighted by atomic mass is 28.4. The molecule has 3 unspecified atom stereocenters. The summed E-state index contributed by atoms with van der Waals surface area (Å²) in [7, 11) is 0.782. The van der Waals surface area contributed by atoms with Gasteiger partial charge in [-0.15, -0.1) is 0 Å². The van der Waals surface area contributed by atoms with Gasteiger partial charge >= 0.3 is 0 Å². The molecule has 324 valence electrons. The Hall–Kier alpha value is -4.20. The van der Waals surface area contributed by atoms with Crippen molar-refractivity contribution in [2.45, 2.75) is 115 Å². The first kappa shape index (κ1) is 44.8. The number of hydrogen-bond acceptors (Lipinski definition) is 9. The summed E-state index contributed by atoms with van der Waals surface area (Å²) >= 11 is 0. The van der Waals surface area contributed by atoms with Crippen molar-refractivity contribution in [2.24, 2.45) is 0 Å². The number of methoxy groups -OCH3 is 2. The van der Waals surface area contributed by atoms with Crippen LogP contribution in [-0.2, 0) is 69.8 Å². The van der Waals surface area contributed by atoms with Crippen LogP contribution in [0.15, 0.2) is 133 Å². The molecule has 1 aliphatic carbocycles. The lowest BCUT2D eigenvalue weighted by Crippen LogP contribution is -2.59. The van der Waals surface area contributed by atoms with Crippen molar-refractivity contribution in [1.82, 2.24) is 0 Å². The smallest absolute Gasteiger partial charge is 0.221 e. The molecule has 1 saturated heterocycles. The summed E-state index contributed by atoms with van der Waals surface area (Å²) in [6.45, 7) is 14.6. The van der Waals surface area contributed by atoms with Crippen molar-refractivity contribution >= 4 is 8.32 Å². The van der Waals surface area contributed by atoms with Gasteiger partial charge in [-0.1, -0.05) is 148 Å². The first-order chi connectivity index (χ1) is 29.5. The lowest BCUT2D eigenvalue weighted by atomic mass is 9.72. The first-order valence-corrected chi connectivity index (χ1v) is 24.2. The van der Waals surface area contributed by atoms with Crippen LogP contribution in [0.4, 0.5) is 0 Å². The summed E-state index contributed by atoms with van der Waals surface area (Å²) < 4.78 is 60.9. The van der Waals surface area contributed by atoms with E-state index < -0.39 is 50.7 Å². The Morgan fingerprint density at radius 3 is 1.54 bits per heavy atom. The zero-order valence-electron chi connectivity index (χ0n) is 36.9. The second-order valence-electron chi connectivity index (χ2n) is 17.4. The first-order valence-electron chi connectivity index (χ1n) is 21.3. The van der Waals surface area contributed by atoms with E-state index in [0.717, 1.165) is 38.9 Å². The third-order valence-electron chi connectivity index (χ3n) is 12.2. The monoisotopic (exact) mass is 846 g/mol. The second kappa shape index (κ2) is 19.9. The maximum Gasteiger partial charge on any atom is 0.221 e. The van der Waals surface area contributed by atoms with Crippen LogP contribution >= 0.6 is 0 Å². The molecule has 0 aromatic heterocycles. The molecule has 7 rings (SSSR count). The molecule has 5 aromatic rings. The predicted octanol–water partition coefficient (Wildman–Crippen LogP) is 11.0. The lowest BCUT2D eigenvalue weighted by molar-refractivity contribution is -0.295. The van der Waals surface area contributed by atoms with Crippen LogP contribution < -0.4 is 4.74 Å². The van der Waals surface area contributed by atoms with Gasteiger partial charge in [-0.2, -0.15) is 0 Å². The molecule has 1 aliphatic heterocycles. The van der Waals surface area contributed by atoms with Crippen LogP contribution in [0.1, 0.15) is 78.8 Å². The SMILES string of the molecule is COCOC1c2c(C3O[C@@H](C)[C@@H](OCc4ccccc4)[C@@H](OCc4ccccc4)[C@@H]3OCc3ccccc3)ccc(OCc3ccccc3)c2C1(OC)O[Si](C)(C)C(C)(C)C. The summed E-state index contributed by atoms with van der Waals surface area (Å²) in [4.78, 5) is 0. The molecule has 2 aliphatic rings. The molecule has 0 radical (unpaired) electrons. The second-order valence-corrected chi connectivity index (χ2v) is 22.2. The van der Waals surface area contributed by atoms with Crippen molar-refractivity contribution in [3.8, 4) is 5.75 Å². The largest absolute Gasteiger partial charge is 0.488 e. The summed E-state index contributed by atoms with van der Waals surface area (Å²) in [5.74, 6) is -0.656. The highest BCUT2D eigenvalue weighted by Crippen LogP contribution is 2.62. The molecular formula is C51H62O9Si. The summed E-state index contributed by atoms with van der Waals surface area (Å²) in [5.41, 5.74) is 6.68. The van der Waals surface area contributed by atoms with E-state index in [1.54, 1.807) is 14.2 Å². The van der Waals surface area contributed by atoms with E-state index in [9.17, 15) is 0 Å². The molecule has 1 heterocycles. The Kier molecular flexibility index (Phi) is 14.6. The molecule has 0 bridgehead atoms. The van der Waals surface area contributed by atoms with Gasteiger partial charge in [0.05, 0.1) is 31.5 Å². The molecule has 0 N–H and O–H groups in total. The summed E-state index contributed by atoms with van der Waals surface area (Å²) in [5, 5.41) is -0.140. The van der Waals surface area contributed by atoms with E-state index in [2.05, 4.69) is 95.4 Å². The van der Waals surface area contributed by atoms with E-state index in [1.165, 1.54) is 0 Å². The van der Waals surface area contributed by atoms with Gasteiger partial charge in [0.15, 0.2) is 8.32 Å². The minimum absolute atomic E-state index is 0.0126. The van der Waals surface area contributed by atoms with Gasteiger partial charge in [-0.3, -0.25) is 0 Å². The number of rotatable bonds is 19. The quantitative estimate of drug-likeness (QED) is 0.0596. The molecule has 0 saturated carbocycles.